The summed E-state index contributed by atoms with van der Waals surface area (Å²) in [5.41, 5.74) is 8.69. The molecular weight excluding hydrogens is 284 g/mol. The zero-order valence-corrected chi connectivity index (χ0v) is 12.6. The van der Waals surface area contributed by atoms with Crippen molar-refractivity contribution < 1.29 is 4.79 Å². The van der Waals surface area contributed by atoms with E-state index in [-0.39, 0.29) is 5.91 Å². The third-order valence-electron chi connectivity index (χ3n) is 4.16. The predicted octanol–water partition coefficient (Wildman–Crippen LogP) is 3.90. The SMILES string of the molecule is Cc1c(Cl)cccc1NC(=O)C1(c2ccc(N)cc2)CC1. The van der Waals surface area contributed by atoms with E-state index in [4.69, 9.17) is 17.3 Å². The number of hydrogen-bond acceptors (Lipinski definition) is 2. The van der Waals surface area contributed by atoms with E-state index in [0.717, 1.165) is 29.7 Å². The zero-order chi connectivity index (χ0) is 15.0. The van der Waals surface area contributed by atoms with Crippen molar-refractivity contribution in [2.75, 3.05) is 11.1 Å². The van der Waals surface area contributed by atoms with Gasteiger partial charge in [0, 0.05) is 16.4 Å². The van der Waals surface area contributed by atoms with Crippen molar-refractivity contribution in [3.8, 4) is 0 Å². The van der Waals surface area contributed by atoms with Crippen molar-refractivity contribution >= 4 is 28.9 Å². The van der Waals surface area contributed by atoms with Crippen LogP contribution in [0.25, 0.3) is 0 Å². The van der Waals surface area contributed by atoms with Crippen LogP contribution in [0.5, 0.6) is 0 Å². The monoisotopic (exact) mass is 300 g/mol. The minimum atomic E-state index is -0.414. The molecule has 1 amide bonds. The van der Waals surface area contributed by atoms with E-state index >= 15 is 0 Å². The van der Waals surface area contributed by atoms with E-state index in [1.807, 2.05) is 49.4 Å². The van der Waals surface area contributed by atoms with Crippen LogP contribution >= 0.6 is 11.6 Å². The first-order valence-corrected chi connectivity index (χ1v) is 7.33. The summed E-state index contributed by atoms with van der Waals surface area (Å²) >= 11 is 6.10. The van der Waals surface area contributed by atoms with Crippen LogP contribution < -0.4 is 11.1 Å². The van der Waals surface area contributed by atoms with Gasteiger partial charge in [-0.3, -0.25) is 4.79 Å². The molecule has 2 aromatic carbocycles. The van der Waals surface area contributed by atoms with Crippen LogP contribution in [-0.2, 0) is 10.2 Å². The Hall–Kier alpha value is -2.00. The lowest BCUT2D eigenvalue weighted by atomic mass is 9.94. The van der Waals surface area contributed by atoms with Gasteiger partial charge >= 0.3 is 0 Å². The number of carbonyl (C=O) groups excluding carboxylic acids is 1. The lowest BCUT2D eigenvalue weighted by Crippen LogP contribution is -2.28. The fourth-order valence-electron chi connectivity index (χ4n) is 2.56. The summed E-state index contributed by atoms with van der Waals surface area (Å²) in [6.45, 7) is 1.90. The molecule has 0 radical (unpaired) electrons. The average molecular weight is 301 g/mol. The number of amides is 1. The molecule has 1 aliphatic rings. The van der Waals surface area contributed by atoms with Gasteiger partial charge in [0.25, 0.3) is 0 Å². The summed E-state index contributed by atoms with van der Waals surface area (Å²) in [5, 5.41) is 3.67. The van der Waals surface area contributed by atoms with Gasteiger partial charge in [-0.2, -0.15) is 0 Å². The molecule has 1 saturated carbocycles. The van der Waals surface area contributed by atoms with Gasteiger partial charge in [0.2, 0.25) is 5.91 Å². The fourth-order valence-corrected chi connectivity index (χ4v) is 2.73. The van der Waals surface area contributed by atoms with Gasteiger partial charge in [0.15, 0.2) is 0 Å². The van der Waals surface area contributed by atoms with Crippen LogP contribution in [0.3, 0.4) is 0 Å². The molecule has 3 rings (SSSR count). The molecule has 0 atom stereocenters. The number of carbonyl (C=O) groups is 1. The highest BCUT2D eigenvalue weighted by atomic mass is 35.5. The van der Waals surface area contributed by atoms with Gasteiger partial charge in [-0.15, -0.1) is 0 Å². The molecule has 0 bridgehead atoms. The van der Waals surface area contributed by atoms with Gasteiger partial charge in [0.05, 0.1) is 5.41 Å². The van der Waals surface area contributed by atoms with Gasteiger partial charge in [0.1, 0.15) is 0 Å². The average Bonchev–Trinajstić information content (AvgIpc) is 3.26. The number of rotatable bonds is 3. The fraction of sp³-hybridized carbons (Fsp3) is 0.235. The molecule has 0 saturated heterocycles. The first kappa shape index (κ1) is 14.0. The second kappa shape index (κ2) is 5.08. The van der Waals surface area contributed by atoms with Crippen molar-refractivity contribution in [2.24, 2.45) is 0 Å². The van der Waals surface area contributed by atoms with Crippen LogP contribution in [0.2, 0.25) is 5.02 Å². The van der Waals surface area contributed by atoms with E-state index in [2.05, 4.69) is 5.32 Å². The quantitative estimate of drug-likeness (QED) is 0.845. The van der Waals surface area contributed by atoms with Gasteiger partial charge in [-0.25, -0.2) is 0 Å². The molecule has 3 N–H and O–H groups in total. The highest BCUT2D eigenvalue weighted by Crippen LogP contribution is 2.49. The van der Waals surface area contributed by atoms with Crippen molar-refractivity contribution in [3.63, 3.8) is 0 Å². The van der Waals surface area contributed by atoms with Crippen molar-refractivity contribution in [2.45, 2.75) is 25.2 Å². The van der Waals surface area contributed by atoms with E-state index < -0.39 is 5.41 Å². The van der Waals surface area contributed by atoms with Crippen LogP contribution in [-0.4, -0.2) is 5.91 Å². The molecule has 3 nitrogen and oxygen atoms in total. The molecule has 108 valence electrons. The zero-order valence-electron chi connectivity index (χ0n) is 11.8. The van der Waals surface area contributed by atoms with Crippen LogP contribution in [0.15, 0.2) is 42.5 Å². The Morgan fingerprint density at radius 3 is 2.48 bits per heavy atom. The Labute approximate surface area is 129 Å². The topological polar surface area (TPSA) is 55.1 Å². The normalized spacial score (nSPS) is 15.5. The standard InChI is InChI=1S/C17H17ClN2O/c1-11-14(18)3-2-4-15(11)20-16(21)17(9-10-17)12-5-7-13(19)8-6-12/h2-8H,9-10,19H2,1H3,(H,20,21). The molecule has 1 aliphatic carbocycles. The molecule has 0 aromatic heterocycles. The number of nitrogens with two attached hydrogens (primary N) is 1. The summed E-state index contributed by atoms with van der Waals surface area (Å²) in [7, 11) is 0. The highest BCUT2D eigenvalue weighted by molar-refractivity contribution is 6.31. The highest BCUT2D eigenvalue weighted by Gasteiger charge is 2.51. The number of halogens is 1. The van der Waals surface area contributed by atoms with Crippen molar-refractivity contribution in [1.82, 2.24) is 0 Å². The van der Waals surface area contributed by atoms with Gasteiger partial charge in [-0.05, 0) is 55.2 Å². The number of nitrogens with one attached hydrogen (secondary N) is 1. The van der Waals surface area contributed by atoms with Crippen molar-refractivity contribution in [1.29, 1.82) is 0 Å². The lowest BCUT2D eigenvalue weighted by molar-refractivity contribution is -0.118. The Balaban J connectivity index is 1.85. The minimum Gasteiger partial charge on any atom is -0.399 e. The summed E-state index contributed by atoms with van der Waals surface area (Å²) in [6.07, 6.45) is 1.73. The smallest absolute Gasteiger partial charge is 0.235 e. The maximum Gasteiger partial charge on any atom is 0.235 e. The summed E-state index contributed by atoms with van der Waals surface area (Å²) in [6, 6.07) is 13.1. The number of benzene rings is 2. The maximum atomic E-state index is 12.7. The molecule has 0 heterocycles. The second-order valence-corrected chi connectivity index (χ2v) is 5.98. The van der Waals surface area contributed by atoms with Crippen LogP contribution in [0.1, 0.15) is 24.0 Å². The van der Waals surface area contributed by atoms with E-state index in [0.29, 0.717) is 10.7 Å². The molecule has 0 aliphatic heterocycles. The lowest BCUT2D eigenvalue weighted by Gasteiger charge is -2.17. The molecule has 2 aromatic rings. The molecular formula is C17H17ClN2O. The first-order valence-electron chi connectivity index (χ1n) is 6.95. The van der Waals surface area contributed by atoms with E-state index in [1.54, 1.807) is 0 Å². The second-order valence-electron chi connectivity index (χ2n) is 5.57. The third kappa shape index (κ3) is 2.49. The Morgan fingerprint density at radius 1 is 1.19 bits per heavy atom. The largest absolute Gasteiger partial charge is 0.399 e. The number of hydrogen-bond donors (Lipinski definition) is 2. The van der Waals surface area contributed by atoms with Crippen LogP contribution in [0, 0.1) is 6.92 Å². The Morgan fingerprint density at radius 2 is 1.86 bits per heavy atom. The first-order chi connectivity index (χ1) is 10.0. The number of nitrogen functional groups attached to an aromatic ring is 1. The van der Waals surface area contributed by atoms with E-state index in [1.165, 1.54) is 0 Å². The van der Waals surface area contributed by atoms with Crippen LogP contribution in [0.4, 0.5) is 11.4 Å². The summed E-state index contributed by atoms with van der Waals surface area (Å²) < 4.78 is 0. The summed E-state index contributed by atoms with van der Waals surface area (Å²) in [4.78, 5) is 12.7. The Bertz CT molecular complexity index is 690. The Kier molecular flexibility index (Phi) is 3.38. The van der Waals surface area contributed by atoms with E-state index in [9.17, 15) is 4.79 Å². The number of anilines is 2. The predicted molar refractivity (Wildman–Crippen MR) is 86.6 cm³/mol. The third-order valence-corrected chi connectivity index (χ3v) is 4.57. The van der Waals surface area contributed by atoms with Gasteiger partial charge in [-0.1, -0.05) is 29.8 Å². The molecule has 4 heteroatoms. The molecule has 21 heavy (non-hydrogen) atoms. The molecule has 1 fully saturated rings. The van der Waals surface area contributed by atoms with Gasteiger partial charge < -0.3 is 11.1 Å². The maximum absolute atomic E-state index is 12.7. The van der Waals surface area contributed by atoms with Crippen molar-refractivity contribution in [3.05, 3.63) is 58.6 Å². The molecule has 0 unspecified atom stereocenters. The summed E-state index contributed by atoms with van der Waals surface area (Å²) in [5.74, 6) is 0.0256. The molecule has 0 spiro atoms. The minimum absolute atomic E-state index is 0.0256.